The molecule has 4 rings (SSSR count). The summed E-state index contributed by atoms with van der Waals surface area (Å²) >= 11 is 8.56. The molecule has 166 valence electrons. The summed E-state index contributed by atoms with van der Waals surface area (Å²) < 4.78 is 6.14. The molecule has 0 bridgehead atoms. The number of ether oxygens (including phenoxy) is 1. The van der Waals surface area contributed by atoms with Gasteiger partial charge in [-0.25, -0.2) is 4.99 Å². The number of carbonyl (C=O) groups excluding carboxylic acids is 2. The molecular formula is C21H24ClN3O4S2. The van der Waals surface area contributed by atoms with Crippen LogP contribution in [0.5, 0.6) is 0 Å². The standard InChI is InChI=1S/C21H24ClN3O4S2/c1-24-9-15(29-2)14-6-17(30-18(14)10-24)21(28)25-8-12(5-13(25)11-26)7-23-20(27)16-3-4-19(22)31-16/h3-4,6-7,12-13,15,26H,5,8-11H2,1-2H3/t12?,13-,15?/m0/s1. The van der Waals surface area contributed by atoms with Crippen LogP contribution < -0.4 is 0 Å². The summed E-state index contributed by atoms with van der Waals surface area (Å²) in [7, 11) is 3.72. The summed E-state index contributed by atoms with van der Waals surface area (Å²) in [6, 6.07) is 4.95. The predicted octanol–water partition coefficient (Wildman–Crippen LogP) is 3.33. The third-order valence-electron chi connectivity index (χ3n) is 5.68. The van der Waals surface area contributed by atoms with Crippen LogP contribution in [0.25, 0.3) is 0 Å². The summed E-state index contributed by atoms with van der Waals surface area (Å²) in [6.07, 6.45) is 2.12. The number of fused-ring (bicyclic) bond motifs is 1. The van der Waals surface area contributed by atoms with Crippen LogP contribution in [-0.4, -0.2) is 72.8 Å². The number of methoxy groups -OCH3 is 1. The summed E-state index contributed by atoms with van der Waals surface area (Å²) in [5.41, 5.74) is 1.08. The topological polar surface area (TPSA) is 82.4 Å². The maximum absolute atomic E-state index is 13.3. The summed E-state index contributed by atoms with van der Waals surface area (Å²) in [5.74, 6) is -0.529. The van der Waals surface area contributed by atoms with E-state index in [0.717, 1.165) is 23.5 Å². The number of amides is 2. The third kappa shape index (κ3) is 4.76. The van der Waals surface area contributed by atoms with Gasteiger partial charge in [-0.05, 0) is 37.2 Å². The van der Waals surface area contributed by atoms with Crippen molar-refractivity contribution in [3.63, 3.8) is 0 Å². The molecule has 4 heterocycles. The maximum atomic E-state index is 13.3. The molecule has 1 saturated heterocycles. The number of likely N-dealkylation sites (N-methyl/N-ethyl adjacent to an activating group) is 1. The van der Waals surface area contributed by atoms with E-state index in [1.165, 1.54) is 22.7 Å². The van der Waals surface area contributed by atoms with E-state index < -0.39 is 0 Å². The highest BCUT2D eigenvalue weighted by Crippen LogP contribution is 2.36. The molecule has 0 aromatic carbocycles. The number of carbonyl (C=O) groups is 2. The molecule has 0 spiro atoms. The van der Waals surface area contributed by atoms with Crippen LogP contribution in [0.2, 0.25) is 4.34 Å². The van der Waals surface area contributed by atoms with E-state index in [-0.39, 0.29) is 36.5 Å². The van der Waals surface area contributed by atoms with Crippen molar-refractivity contribution in [2.75, 3.05) is 33.9 Å². The lowest BCUT2D eigenvalue weighted by Gasteiger charge is -2.28. The first kappa shape index (κ1) is 22.6. The summed E-state index contributed by atoms with van der Waals surface area (Å²) in [6.45, 7) is 1.88. The fourth-order valence-electron chi connectivity index (χ4n) is 4.13. The minimum absolute atomic E-state index is 0.0459. The summed E-state index contributed by atoms with van der Waals surface area (Å²) in [4.78, 5) is 35.7. The number of thiophene rings is 2. The zero-order chi connectivity index (χ0) is 22.1. The molecule has 10 heteroatoms. The Kier molecular flexibility index (Phi) is 6.90. The van der Waals surface area contributed by atoms with Crippen molar-refractivity contribution < 1.29 is 19.4 Å². The average Bonchev–Trinajstić information content (AvgIpc) is 3.48. The average molecular weight is 482 g/mol. The van der Waals surface area contributed by atoms with Crippen molar-refractivity contribution in [2.24, 2.45) is 10.9 Å². The first-order valence-electron chi connectivity index (χ1n) is 9.99. The van der Waals surface area contributed by atoms with Gasteiger partial charge in [0.2, 0.25) is 0 Å². The van der Waals surface area contributed by atoms with Gasteiger partial charge in [0, 0.05) is 43.8 Å². The van der Waals surface area contributed by atoms with E-state index >= 15 is 0 Å². The first-order valence-corrected chi connectivity index (χ1v) is 12.0. The zero-order valence-electron chi connectivity index (χ0n) is 17.3. The molecule has 1 N–H and O–H groups in total. The SMILES string of the molecule is COC1CN(C)Cc2sc(C(=O)N3CC(C=NC(=O)c4ccc(Cl)s4)C[C@H]3CO)cc21. The van der Waals surface area contributed by atoms with Crippen molar-refractivity contribution >= 4 is 52.3 Å². The highest BCUT2D eigenvalue weighted by atomic mass is 35.5. The van der Waals surface area contributed by atoms with E-state index in [1.54, 1.807) is 30.4 Å². The molecule has 1 fully saturated rings. The molecule has 0 aliphatic carbocycles. The van der Waals surface area contributed by atoms with Crippen molar-refractivity contribution in [1.29, 1.82) is 0 Å². The number of aliphatic hydroxyl groups is 1. The molecule has 2 aliphatic rings. The molecule has 0 saturated carbocycles. The van der Waals surface area contributed by atoms with E-state index in [4.69, 9.17) is 16.3 Å². The van der Waals surface area contributed by atoms with Crippen molar-refractivity contribution in [3.05, 3.63) is 42.7 Å². The Morgan fingerprint density at radius 1 is 1.32 bits per heavy atom. The summed E-state index contributed by atoms with van der Waals surface area (Å²) in [5, 5.41) is 9.84. The largest absolute Gasteiger partial charge is 0.394 e. The van der Waals surface area contributed by atoms with Crippen LogP contribution in [0.4, 0.5) is 0 Å². The molecule has 0 radical (unpaired) electrons. The third-order valence-corrected chi connectivity index (χ3v) is 8.02. The zero-order valence-corrected chi connectivity index (χ0v) is 19.7. The number of hydrogen-bond acceptors (Lipinski definition) is 7. The molecule has 31 heavy (non-hydrogen) atoms. The van der Waals surface area contributed by atoms with Gasteiger partial charge in [-0.1, -0.05) is 11.6 Å². The molecule has 2 aromatic rings. The minimum atomic E-state index is -0.345. The molecule has 7 nitrogen and oxygen atoms in total. The number of hydrogen-bond donors (Lipinski definition) is 1. The van der Waals surface area contributed by atoms with Gasteiger partial charge in [-0.3, -0.25) is 14.5 Å². The molecule has 3 atom stereocenters. The van der Waals surface area contributed by atoms with Gasteiger partial charge in [-0.2, -0.15) is 0 Å². The lowest BCUT2D eigenvalue weighted by atomic mass is 10.1. The Hall–Kier alpha value is -1.62. The van der Waals surface area contributed by atoms with Gasteiger partial charge in [0.25, 0.3) is 11.8 Å². The van der Waals surface area contributed by atoms with E-state index in [2.05, 4.69) is 9.89 Å². The van der Waals surface area contributed by atoms with Gasteiger partial charge in [0.05, 0.1) is 32.8 Å². The predicted molar refractivity (Wildman–Crippen MR) is 123 cm³/mol. The Labute approximate surface area is 193 Å². The molecule has 2 aromatic heterocycles. The first-order chi connectivity index (χ1) is 14.9. The highest BCUT2D eigenvalue weighted by Gasteiger charge is 2.36. The van der Waals surface area contributed by atoms with Crippen LogP contribution in [0, 0.1) is 5.92 Å². The second-order valence-corrected chi connectivity index (χ2v) is 10.7. The maximum Gasteiger partial charge on any atom is 0.286 e. The fraction of sp³-hybridized carbons (Fsp3) is 0.476. The quantitative estimate of drug-likeness (QED) is 0.662. The normalized spacial score (nSPS) is 24.1. The second kappa shape index (κ2) is 9.48. The van der Waals surface area contributed by atoms with Crippen LogP contribution in [-0.2, 0) is 11.3 Å². The van der Waals surface area contributed by atoms with Crippen LogP contribution in [0.15, 0.2) is 23.2 Å². The molecule has 2 unspecified atom stereocenters. The number of aliphatic hydroxyl groups excluding tert-OH is 1. The highest BCUT2D eigenvalue weighted by molar-refractivity contribution is 7.18. The Balaban J connectivity index is 1.47. The van der Waals surface area contributed by atoms with Gasteiger partial charge >= 0.3 is 0 Å². The second-order valence-electron chi connectivity index (χ2n) is 7.89. The number of halogens is 1. The lowest BCUT2D eigenvalue weighted by molar-refractivity contribution is 0.0589. The van der Waals surface area contributed by atoms with Gasteiger partial charge < -0.3 is 14.7 Å². The van der Waals surface area contributed by atoms with Crippen LogP contribution >= 0.6 is 34.3 Å². The van der Waals surface area contributed by atoms with Gasteiger partial charge in [0.1, 0.15) is 0 Å². The van der Waals surface area contributed by atoms with Crippen molar-refractivity contribution in [2.45, 2.75) is 25.1 Å². The minimum Gasteiger partial charge on any atom is -0.394 e. The van der Waals surface area contributed by atoms with E-state index in [1.807, 2.05) is 13.1 Å². The number of nitrogens with zero attached hydrogens (tertiary/aromatic N) is 3. The van der Waals surface area contributed by atoms with Crippen molar-refractivity contribution in [1.82, 2.24) is 9.80 Å². The van der Waals surface area contributed by atoms with Crippen molar-refractivity contribution in [3.8, 4) is 0 Å². The molecule has 2 amide bonds. The van der Waals surface area contributed by atoms with Crippen LogP contribution in [0.1, 0.15) is 42.3 Å². The molecule has 2 aliphatic heterocycles. The monoisotopic (exact) mass is 481 g/mol. The molecular weight excluding hydrogens is 458 g/mol. The van der Waals surface area contributed by atoms with Gasteiger partial charge in [0.15, 0.2) is 0 Å². The van der Waals surface area contributed by atoms with Crippen LogP contribution in [0.3, 0.4) is 0 Å². The number of rotatable bonds is 5. The Bertz CT molecular complexity index is 1000. The smallest absolute Gasteiger partial charge is 0.286 e. The van der Waals surface area contributed by atoms with E-state index in [9.17, 15) is 14.7 Å². The Morgan fingerprint density at radius 2 is 2.13 bits per heavy atom. The Morgan fingerprint density at radius 3 is 2.81 bits per heavy atom. The number of aliphatic imine (C=N–C) groups is 1. The van der Waals surface area contributed by atoms with Gasteiger partial charge in [-0.15, -0.1) is 22.7 Å². The lowest BCUT2D eigenvalue weighted by Crippen LogP contribution is -2.37. The number of likely N-dealkylation sites (tertiary alicyclic amines) is 1. The fourth-order valence-corrected chi connectivity index (χ4v) is 6.31. The van der Waals surface area contributed by atoms with E-state index in [0.29, 0.717) is 27.1 Å².